The molecule has 0 aliphatic carbocycles. The van der Waals surface area contributed by atoms with Crippen LogP contribution in [0.4, 0.5) is 5.69 Å². The molecule has 3 N–H and O–H groups in total. The molecule has 7 nitrogen and oxygen atoms in total. The lowest BCUT2D eigenvalue weighted by atomic mass is 9.99. The van der Waals surface area contributed by atoms with Crippen LogP contribution >= 0.6 is 0 Å². The fourth-order valence-electron chi connectivity index (χ4n) is 4.27. The summed E-state index contributed by atoms with van der Waals surface area (Å²) in [5.74, 6) is -0.0771. The number of hydrogen-bond donors (Lipinski definition) is 2. The maximum atomic E-state index is 13.3. The van der Waals surface area contributed by atoms with Crippen LogP contribution in [0.1, 0.15) is 35.6 Å². The number of fused-ring (bicyclic) bond motifs is 1. The molecule has 0 atom stereocenters. The number of nitrogens with one attached hydrogen (secondary N) is 1. The number of anilines is 1. The van der Waals surface area contributed by atoms with Crippen molar-refractivity contribution in [3.8, 4) is 5.75 Å². The van der Waals surface area contributed by atoms with E-state index < -0.39 is 15.9 Å². The molecule has 34 heavy (non-hydrogen) atoms. The Hall–Kier alpha value is -3.78. The maximum absolute atomic E-state index is 13.3. The number of ether oxygens (including phenoxy) is 1. The molecule has 1 amide bonds. The molecule has 0 spiro atoms. The third-order valence-electron chi connectivity index (χ3n) is 5.89. The van der Waals surface area contributed by atoms with E-state index in [1.807, 2.05) is 43.5 Å². The molecule has 8 heteroatoms. The molecule has 0 fully saturated rings. The van der Waals surface area contributed by atoms with Gasteiger partial charge in [0.1, 0.15) is 11.4 Å². The van der Waals surface area contributed by atoms with E-state index in [1.165, 1.54) is 18.2 Å². The van der Waals surface area contributed by atoms with Gasteiger partial charge in [-0.15, -0.1) is 0 Å². The zero-order valence-corrected chi connectivity index (χ0v) is 20.4. The van der Waals surface area contributed by atoms with Gasteiger partial charge in [-0.3, -0.25) is 4.79 Å². The minimum Gasteiger partial charge on any atom is -0.497 e. The summed E-state index contributed by atoms with van der Waals surface area (Å²) in [6.45, 7) is 6.53. The number of aryl methyl sites for hydroxylation is 3. The van der Waals surface area contributed by atoms with Gasteiger partial charge in [0.25, 0.3) is 15.9 Å². The maximum Gasteiger partial charge on any atom is 0.281 e. The van der Waals surface area contributed by atoms with Crippen molar-refractivity contribution in [2.75, 3.05) is 12.8 Å². The molecule has 180 valence electrons. The summed E-state index contributed by atoms with van der Waals surface area (Å²) in [6.07, 6.45) is 0. The fourth-order valence-corrected chi connectivity index (χ4v) is 5.28. The van der Waals surface area contributed by atoms with Crippen LogP contribution in [0.5, 0.6) is 5.75 Å². The number of rotatable bonds is 6. The summed E-state index contributed by atoms with van der Waals surface area (Å²) < 4.78 is 35.1. The van der Waals surface area contributed by atoms with Crippen molar-refractivity contribution in [2.24, 2.45) is 0 Å². The first kappa shape index (κ1) is 23.4. The highest BCUT2D eigenvalue weighted by Crippen LogP contribution is 2.28. The first-order valence-corrected chi connectivity index (χ1v) is 12.2. The van der Waals surface area contributed by atoms with Gasteiger partial charge in [0.2, 0.25) is 0 Å². The number of carbonyl (C=O) groups is 1. The minimum absolute atomic E-state index is 0. The van der Waals surface area contributed by atoms with E-state index in [4.69, 9.17) is 10.5 Å². The fraction of sp³-hybridized carbons (Fsp3) is 0.192. The number of aromatic nitrogens is 1. The zero-order valence-electron chi connectivity index (χ0n) is 19.5. The Kier molecular flexibility index (Phi) is 6.10. The first-order chi connectivity index (χ1) is 16.1. The van der Waals surface area contributed by atoms with E-state index in [1.54, 1.807) is 19.2 Å². The van der Waals surface area contributed by atoms with Crippen LogP contribution in [0, 0.1) is 20.8 Å². The van der Waals surface area contributed by atoms with E-state index in [2.05, 4.69) is 16.9 Å². The second-order valence-electron chi connectivity index (χ2n) is 8.42. The van der Waals surface area contributed by atoms with Crippen LogP contribution in [0.15, 0.2) is 65.6 Å². The molecule has 0 bridgehead atoms. The summed E-state index contributed by atoms with van der Waals surface area (Å²) in [5.41, 5.74) is 11.5. The zero-order chi connectivity index (χ0) is 24.6. The van der Waals surface area contributed by atoms with Crippen molar-refractivity contribution >= 4 is 32.5 Å². The highest BCUT2D eigenvalue weighted by atomic mass is 32.2. The summed E-state index contributed by atoms with van der Waals surface area (Å²) in [6, 6.07) is 17.2. The normalized spacial score (nSPS) is 11.5. The highest BCUT2D eigenvalue weighted by Gasteiger charge is 2.23. The second kappa shape index (κ2) is 8.87. The molecule has 0 radical (unpaired) electrons. The van der Waals surface area contributed by atoms with Gasteiger partial charge >= 0.3 is 0 Å². The molecule has 0 aliphatic rings. The van der Waals surface area contributed by atoms with E-state index >= 15 is 0 Å². The van der Waals surface area contributed by atoms with Crippen molar-refractivity contribution in [1.82, 2.24) is 9.29 Å². The monoisotopic (exact) mass is 481 g/mol. The molecule has 4 rings (SSSR count). The van der Waals surface area contributed by atoms with Crippen LogP contribution in [0.3, 0.4) is 0 Å². The van der Waals surface area contributed by atoms with Crippen LogP contribution in [-0.2, 0) is 16.6 Å². The second-order valence-corrected chi connectivity index (χ2v) is 10.1. The standard InChI is InChI=1S/C26H27N3O4S.2H2/c1-16-10-17(2)23(18(3)11-16)15-29-24-9-8-21(33-4)12-19(24)13-25(29)26(30)28-34(31,32)22-7-5-6-20(27)14-22;;/h5-14H,15,27H2,1-4H3,(H,28,30);2*1H. The van der Waals surface area contributed by atoms with Crippen LogP contribution in [-0.4, -0.2) is 26.0 Å². The van der Waals surface area contributed by atoms with Crippen LogP contribution in [0.25, 0.3) is 10.9 Å². The third kappa shape index (κ3) is 4.49. The third-order valence-corrected chi connectivity index (χ3v) is 7.22. The molecule has 0 saturated heterocycles. The van der Waals surface area contributed by atoms with Crippen molar-refractivity contribution in [3.05, 3.63) is 88.6 Å². The minimum atomic E-state index is -4.11. The number of nitrogens with two attached hydrogens (primary N) is 1. The van der Waals surface area contributed by atoms with Crippen molar-refractivity contribution in [2.45, 2.75) is 32.2 Å². The molecule has 0 unspecified atom stereocenters. The van der Waals surface area contributed by atoms with Crippen molar-refractivity contribution < 1.29 is 20.8 Å². The Bertz CT molecular complexity index is 1510. The average Bonchev–Trinajstić information content (AvgIpc) is 3.13. The number of hydrogen-bond acceptors (Lipinski definition) is 5. The quantitative estimate of drug-likeness (QED) is 0.385. The predicted molar refractivity (Wildman–Crippen MR) is 138 cm³/mol. The van der Waals surface area contributed by atoms with E-state index in [-0.39, 0.29) is 13.4 Å². The number of amides is 1. The van der Waals surface area contributed by atoms with Crippen molar-refractivity contribution in [1.29, 1.82) is 0 Å². The van der Waals surface area contributed by atoms with Gasteiger partial charge in [0.05, 0.1) is 12.0 Å². The van der Waals surface area contributed by atoms with Gasteiger partial charge in [-0.1, -0.05) is 23.8 Å². The number of carbonyl (C=O) groups excluding carboxylic acids is 1. The molecule has 3 aromatic carbocycles. The number of benzene rings is 3. The number of nitrogen functional groups attached to an aromatic ring is 1. The number of nitrogens with zero attached hydrogens (tertiary/aromatic N) is 1. The first-order valence-electron chi connectivity index (χ1n) is 10.8. The smallest absolute Gasteiger partial charge is 0.281 e. The Labute approximate surface area is 202 Å². The van der Waals surface area contributed by atoms with Crippen molar-refractivity contribution in [3.63, 3.8) is 0 Å². The molecule has 0 aliphatic heterocycles. The molecular formula is C26H31N3O4S. The summed E-state index contributed by atoms with van der Waals surface area (Å²) in [7, 11) is -2.54. The molecule has 4 aromatic rings. The number of methoxy groups -OCH3 is 1. The average molecular weight is 482 g/mol. The van der Waals surface area contributed by atoms with Crippen LogP contribution in [0.2, 0.25) is 0 Å². The summed E-state index contributed by atoms with van der Waals surface area (Å²) in [5, 5.41) is 0.772. The van der Waals surface area contributed by atoms with Crippen LogP contribution < -0.4 is 15.2 Å². The Morgan fingerprint density at radius 3 is 2.38 bits per heavy atom. The van der Waals surface area contributed by atoms with Gasteiger partial charge in [0.15, 0.2) is 0 Å². The molecule has 1 aromatic heterocycles. The highest BCUT2D eigenvalue weighted by molar-refractivity contribution is 7.90. The lowest BCUT2D eigenvalue weighted by Gasteiger charge is -2.16. The summed E-state index contributed by atoms with van der Waals surface area (Å²) >= 11 is 0. The number of sulfonamides is 1. The van der Waals surface area contributed by atoms with E-state index in [0.29, 0.717) is 18.0 Å². The lowest BCUT2D eigenvalue weighted by molar-refractivity contribution is 0.0973. The predicted octanol–water partition coefficient (Wildman–Crippen LogP) is 4.82. The van der Waals surface area contributed by atoms with E-state index in [0.717, 1.165) is 33.2 Å². The Morgan fingerprint density at radius 1 is 1.03 bits per heavy atom. The van der Waals surface area contributed by atoms with E-state index in [9.17, 15) is 13.2 Å². The lowest BCUT2D eigenvalue weighted by Crippen LogP contribution is -2.32. The summed E-state index contributed by atoms with van der Waals surface area (Å²) in [4.78, 5) is 13.2. The Morgan fingerprint density at radius 2 is 1.74 bits per heavy atom. The van der Waals surface area contributed by atoms with Gasteiger partial charge in [0, 0.05) is 26.0 Å². The Balaban J connectivity index is 0.00000228. The SMILES string of the molecule is COc1ccc2c(c1)cc(C(=O)NS(=O)(=O)c1cccc(N)c1)n2Cc1c(C)cc(C)cc1C.[HH].[HH]. The molecule has 1 heterocycles. The van der Waals surface area contributed by atoms with Gasteiger partial charge in [-0.2, -0.15) is 0 Å². The molecular weight excluding hydrogens is 450 g/mol. The topological polar surface area (TPSA) is 103 Å². The molecule has 0 saturated carbocycles. The largest absolute Gasteiger partial charge is 0.497 e. The van der Waals surface area contributed by atoms with Gasteiger partial charge in [-0.25, -0.2) is 13.1 Å². The van der Waals surface area contributed by atoms with Gasteiger partial charge < -0.3 is 15.0 Å². The van der Waals surface area contributed by atoms with Gasteiger partial charge in [-0.05, 0) is 79.9 Å².